The second kappa shape index (κ2) is 14.8. The Bertz CT molecular complexity index is 1330. The van der Waals surface area contributed by atoms with Gasteiger partial charge < -0.3 is 35.3 Å². The molecule has 2 aromatic carbocycles. The second-order valence-corrected chi connectivity index (χ2v) is 11.6. The molecule has 0 spiro atoms. The van der Waals surface area contributed by atoms with E-state index in [1.54, 1.807) is 35.8 Å². The molecule has 0 saturated carbocycles. The molecule has 230 valence electrons. The minimum atomic E-state index is -1.19. The number of likely N-dealkylation sites (tertiary alicyclic amines) is 1. The van der Waals surface area contributed by atoms with Crippen LogP contribution in [0.2, 0.25) is 0 Å². The van der Waals surface area contributed by atoms with Gasteiger partial charge in [-0.25, -0.2) is 9.78 Å². The lowest BCUT2D eigenvalue weighted by Gasteiger charge is -2.30. The van der Waals surface area contributed by atoms with Crippen molar-refractivity contribution in [1.82, 2.24) is 19.8 Å². The molecule has 3 aromatic rings. The van der Waals surface area contributed by atoms with Gasteiger partial charge in [0.05, 0.1) is 31.1 Å². The van der Waals surface area contributed by atoms with Crippen LogP contribution in [0.3, 0.4) is 0 Å². The maximum Gasteiger partial charge on any atom is 0.409 e. The van der Waals surface area contributed by atoms with Crippen LogP contribution >= 0.6 is 0 Å². The smallest absolute Gasteiger partial charge is 0.409 e. The highest BCUT2D eigenvalue weighted by Gasteiger charge is 2.29. The number of nitrogens with one attached hydrogen (secondary N) is 2. The number of anilines is 1. The fourth-order valence-electron chi connectivity index (χ4n) is 4.64. The molecule has 0 bridgehead atoms. The third-order valence-corrected chi connectivity index (χ3v) is 7.41. The number of imidazole rings is 1. The molecule has 1 aliphatic heterocycles. The zero-order valence-electron chi connectivity index (χ0n) is 25.1. The van der Waals surface area contributed by atoms with Crippen molar-refractivity contribution in [3.05, 3.63) is 84.3 Å². The molecule has 0 radical (unpaired) electrons. The number of nitrogens with two attached hydrogens (primary N) is 1. The van der Waals surface area contributed by atoms with E-state index in [1.807, 2.05) is 60.7 Å². The molecule has 43 heavy (non-hydrogen) atoms. The van der Waals surface area contributed by atoms with Gasteiger partial charge >= 0.3 is 6.09 Å². The number of amides is 3. The van der Waals surface area contributed by atoms with Crippen LogP contribution in [0.15, 0.2) is 73.2 Å². The van der Waals surface area contributed by atoms with E-state index in [1.165, 1.54) is 0 Å². The Morgan fingerprint density at radius 3 is 2.33 bits per heavy atom. The van der Waals surface area contributed by atoms with Crippen LogP contribution in [0.5, 0.6) is 0 Å². The van der Waals surface area contributed by atoms with Gasteiger partial charge in [0.25, 0.3) is 5.91 Å². The van der Waals surface area contributed by atoms with Crippen LogP contribution in [-0.4, -0.2) is 70.2 Å². The number of piperidine rings is 1. The summed E-state index contributed by atoms with van der Waals surface area (Å²) in [4.78, 5) is 44.9. The Morgan fingerprint density at radius 2 is 1.67 bits per heavy atom. The van der Waals surface area contributed by atoms with Crippen molar-refractivity contribution in [1.29, 1.82) is 0 Å². The van der Waals surface area contributed by atoms with Crippen molar-refractivity contribution in [3.8, 4) is 0 Å². The molecule has 4 N–H and O–H groups in total. The Kier molecular flexibility index (Phi) is 10.9. The lowest BCUT2D eigenvalue weighted by molar-refractivity contribution is -0.130. The molecule has 1 fully saturated rings. The van der Waals surface area contributed by atoms with Gasteiger partial charge in [-0.05, 0) is 43.7 Å². The summed E-state index contributed by atoms with van der Waals surface area (Å²) >= 11 is 0. The number of benzene rings is 2. The maximum absolute atomic E-state index is 13.3. The molecule has 1 aromatic heterocycles. The Morgan fingerprint density at radius 1 is 1.02 bits per heavy atom. The highest BCUT2D eigenvalue weighted by molar-refractivity contribution is 5.98. The summed E-state index contributed by atoms with van der Waals surface area (Å²) in [5.74, 6) is -0.115. The van der Waals surface area contributed by atoms with Crippen LogP contribution in [0.4, 0.5) is 10.6 Å². The van der Waals surface area contributed by atoms with Gasteiger partial charge in [-0.3, -0.25) is 9.59 Å². The predicted molar refractivity (Wildman–Crippen MR) is 163 cm³/mol. The topological polar surface area (TPSA) is 141 Å². The molecule has 11 heteroatoms. The van der Waals surface area contributed by atoms with Crippen LogP contribution in [0.1, 0.15) is 50.8 Å². The van der Waals surface area contributed by atoms with Crippen molar-refractivity contribution in [2.45, 2.75) is 57.8 Å². The lowest BCUT2D eigenvalue weighted by Crippen LogP contribution is -2.56. The highest BCUT2D eigenvalue weighted by atomic mass is 16.6. The number of ether oxygens (including phenoxy) is 2. The molecule has 2 heterocycles. The summed E-state index contributed by atoms with van der Waals surface area (Å²) in [6, 6.07) is 17.8. The van der Waals surface area contributed by atoms with Gasteiger partial charge in [0, 0.05) is 19.3 Å². The Hall–Kier alpha value is -4.22. The van der Waals surface area contributed by atoms with Gasteiger partial charge in [-0.15, -0.1) is 0 Å². The number of carbonyl (C=O) groups is 3. The zero-order valence-corrected chi connectivity index (χ0v) is 25.1. The average molecular weight is 591 g/mol. The molecule has 4 rings (SSSR count). The third kappa shape index (κ3) is 9.39. The molecular formula is C32H42N6O5. The fourth-order valence-corrected chi connectivity index (χ4v) is 4.64. The number of rotatable bonds is 12. The number of aromatic nitrogens is 2. The molecule has 1 aliphatic rings. The van der Waals surface area contributed by atoms with Crippen molar-refractivity contribution in [3.63, 3.8) is 0 Å². The van der Waals surface area contributed by atoms with E-state index in [4.69, 9.17) is 15.2 Å². The first-order valence-corrected chi connectivity index (χ1v) is 14.6. The molecule has 0 aliphatic carbocycles. The Labute approximate surface area is 252 Å². The van der Waals surface area contributed by atoms with Crippen molar-refractivity contribution in [2.75, 3.05) is 31.6 Å². The van der Waals surface area contributed by atoms with Crippen LogP contribution in [0.25, 0.3) is 0 Å². The predicted octanol–water partition coefficient (Wildman–Crippen LogP) is 3.72. The molecule has 1 unspecified atom stereocenters. The van der Waals surface area contributed by atoms with Gasteiger partial charge in [0.2, 0.25) is 5.91 Å². The quantitative estimate of drug-likeness (QED) is 0.292. The third-order valence-electron chi connectivity index (χ3n) is 7.41. The molecule has 2 atom stereocenters. The summed E-state index contributed by atoms with van der Waals surface area (Å²) in [5.41, 5.74) is 6.62. The van der Waals surface area contributed by atoms with Gasteiger partial charge in [-0.1, -0.05) is 67.6 Å². The van der Waals surface area contributed by atoms with Crippen molar-refractivity contribution in [2.24, 2.45) is 11.7 Å². The molecule has 11 nitrogen and oxygen atoms in total. The minimum absolute atomic E-state index is 0.0683. The van der Waals surface area contributed by atoms with Crippen molar-refractivity contribution >= 4 is 23.7 Å². The first-order chi connectivity index (χ1) is 20.6. The second-order valence-electron chi connectivity index (χ2n) is 11.6. The summed E-state index contributed by atoms with van der Waals surface area (Å²) in [7, 11) is 0. The summed E-state index contributed by atoms with van der Waals surface area (Å²) in [6.45, 7) is 6.98. The van der Waals surface area contributed by atoms with Gasteiger partial charge in [-0.2, -0.15) is 0 Å². The standard InChI is InChI=1S/C32H42N6O5/c1-23-14-16-37(17-15-23)31(41)43-21-27(25-12-8-5-9-13-25)38-18-28(34-22-38)36-29(39)26(35-30(40)32(2,3)33)20-42-19-24-10-6-4-7-11-24/h4-13,18,22-23,26-27H,14-17,19-21,33H2,1-3H3,(H,35,40)(H,36,39)/t26-,27?/m1/s1. The van der Waals surface area contributed by atoms with Crippen LogP contribution < -0.4 is 16.4 Å². The van der Waals surface area contributed by atoms with Crippen molar-refractivity contribution < 1.29 is 23.9 Å². The van der Waals surface area contributed by atoms with Crippen LogP contribution in [0, 0.1) is 5.92 Å². The van der Waals surface area contributed by atoms with E-state index in [0.717, 1.165) is 24.0 Å². The minimum Gasteiger partial charge on any atom is -0.447 e. The summed E-state index contributed by atoms with van der Waals surface area (Å²) in [6.07, 6.45) is 4.83. The Balaban J connectivity index is 1.43. The SMILES string of the molecule is CC1CCN(C(=O)OCC(c2ccccc2)n2cnc(NC(=O)[C@@H](COCc3ccccc3)NC(=O)C(C)(C)N)c2)CC1. The highest BCUT2D eigenvalue weighted by Crippen LogP contribution is 2.22. The average Bonchev–Trinajstić information content (AvgIpc) is 3.45. The van der Waals surface area contributed by atoms with Crippen LogP contribution in [-0.2, 0) is 25.7 Å². The normalized spacial score (nSPS) is 15.4. The monoisotopic (exact) mass is 590 g/mol. The molecule has 3 amide bonds. The van der Waals surface area contributed by atoms with Gasteiger partial charge in [0.1, 0.15) is 12.6 Å². The fraction of sp³-hybridized carbons (Fsp3) is 0.438. The van der Waals surface area contributed by atoms with E-state index in [-0.39, 0.29) is 37.8 Å². The van der Waals surface area contributed by atoms with E-state index >= 15 is 0 Å². The number of hydrogen-bond acceptors (Lipinski definition) is 7. The van der Waals surface area contributed by atoms with E-state index in [2.05, 4.69) is 22.5 Å². The summed E-state index contributed by atoms with van der Waals surface area (Å²) < 4.78 is 13.3. The van der Waals surface area contributed by atoms with E-state index < -0.39 is 23.4 Å². The molecule has 1 saturated heterocycles. The number of hydrogen-bond donors (Lipinski definition) is 3. The summed E-state index contributed by atoms with van der Waals surface area (Å²) in [5, 5.41) is 5.46. The first kappa shape index (κ1) is 31.7. The van der Waals surface area contributed by atoms with Gasteiger partial charge in [0.15, 0.2) is 5.82 Å². The molecular weight excluding hydrogens is 548 g/mol. The lowest BCUT2D eigenvalue weighted by atomic mass is 10.00. The number of carbonyl (C=O) groups excluding carboxylic acids is 3. The first-order valence-electron chi connectivity index (χ1n) is 14.6. The van der Waals surface area contributed by atoms with E-state index in [9.17, 15) is 14.4 Å². The number of nitrogens with zero attached hydrogens (tertiary/aromatic N) is 3. The van der Waals surface area contributed by atoms with E-state index in [0.29, 0.717) is 19.0 Å². The largest absolute Gasteiger partial charge is 0.447 e. The zero-order chi connectivity index (χ0) is 30.8. The maximum atomic E-state index is 13.3.